The third-order valence-electron chi connectivity index (χ3n) is 3.22. The molecule has 0 aliphatic heterocycles. The highest BCUT2D eigenvalue weighted by Gasteiger charge is 2.33. The molecular weight excluding hydrogens is 338 g/mol. The molecule has 0 fully saturated rings. The molecule has 0 saturated carbocycles. The fourth-order valence-corrected chi connectivity index (χ4v) is 1.84. The minimum absolute atomic E-state index is 0.275. The zero-order valence-electron chi connectivity index (χ0n) is 14.4. The molecule has 1 aromatic rings. The topological polar surface area (TPSA) is 145 Å². The summed E-state index contributed by atoms with van der Waals surface area (Å²) in [6.45, 7) is 2.62. The molecule has 0 aromatic heterocycles. The lowest BCUT2D eigenvalue weighted by molar-refractivity contribution is -0.132. The van der Waals surface area contributed by atoms with Crippen LogP contribution in [-0.2, 0) is 4.79 Å². The van der Waals surface area contributed by atoms with E-state index >= 15 is 0 Å². The average Bonchev–Trinajstić information content (AvgIpc) is 2.61. The van der Waals surface area contributed by atoms with Gasteiger partial charge in [0.05, 0.1) is 6.61 Å². The lowest BCUT2D eigenvalue weighted by Gasteiger charge is -2.29. The van der Waals surface area contributed by atoms with Crippen LogP contribution in [0.2, 0.25) is 0 Å². The lowest BCUT2D eigenvalue weighted by Crippen LogP contribution is -2.61. The Kier molecular flexibility index (Phi) is 7.78. The van der Waals surface area contributed by atoms with Crippen LogP contribution in [0.3, 0.4) is 0 Å². The number of nitrogens with two attached hydrogens (primary N) is 1. The van der Waals surface area contributed by atoms with Gasteiger partial charge in [0.25, 0.3) is 11.8 Å². The number of rotatable bonds is 5. The van der Waals surface area contributed by atoms with Crippen LogP contribution in [0.4, 0.5) is 0 Å². The third kappa shape index (κ3) is 6.55. The van der Waals surface area contributed by atoms with Crippen molar-refractivity contribution in [3.63, 3.8) is 0 Å². The number of benzene rings is 1. The third-order valence-corrected chi connectivity index (χ3v) is 3.22. The first-order chi connectivity index (χ1) is 12.2. The van der Waals surface area contributed by atoms with Gasteiger partial charge in [0.1, 0.15) is 12.1 Å². The van der Waals surface area contributed by atoms with E-state index in [-0.39, 0.29) is 5.56 Å². The summed E-state index contributed by atoms with van der Waals surface area (Å²) in [5, 5.41) is 28.9. The van der Waals surface area contributed by atoms with Gasteiger partial charge in [0.2, 0.25) is 0 Å². The van der Waals surface area contributed by atoms with Crippen molar-refractivity contribution in [1.82, 2.24) is 10.8 Å². The van der Waals surface area contributed by atoms with Gasteiger partial charge in [-0.25, -0.2) is 5.48 Å². The van der Waals surface area contributed by atoms with E-state index in [0.717, 1.165) is 0 Å². The maximum atomic E-state index is 12.3. The summed E-state index contributed by atoms with van der Waals surface area (Å²) < 4.78 is 0. The van der Waals surface area contributed by atoms with Crippen molar-refractivity contribution in [2.24, 2.45) is 5.73 Å². The highest BCUT2D eigenvalue weighted by Crippen LogP contribution is 2.08. The molecule has 0 bridgehead atoms. The van der Waals surface area contributed by atoms with Gasteiger partial charge in [0.15, 0.2) is 0 Å². The number of aliphatic hydroxyl groups is 2. The summed E-state index contributed by atoms with van der Waals surface area (Å²) in [5.41, 5.74) is 7.10. The predicted molar refractivity (Wildman–Crippen MR) is 93.6 cm³/mol. The summed E-state index contributed by atoms with van der Waals surface area (Å²) in [4.78, 5) is 23.9. The van der Waals surface area contributed by atoms with Crippen molar-refractivity contribution in [3.8, 4) is 23.7 Å². The van der Waals surface area contributed by atoms with Crippen molar-refractivity contribution in [2.75, 3.05) is 6.61 Å². The van der Waals surface area contributed by atoms with Gasteiger partial charge in [-0.05, 0) is 50.0 Å². The summed E-state index contributed by atoms with van der Waals surface area (Å²) in [5.74, 6) is 8.60. The van der Waals surface area contributed by atoms with Gasteiger partial charge in [0, 0.05) is 16.7 Å². The Morgan fingerprint density at radius 2 is 1.85 bits per heavy atom. The van der Waals surface area contributed by atoms with E-state index in [1.54, 1.807) is 26.0 Å². The van der Waals surface area contributed by atoms with Crippen molar-refractivity contribution in [3.05, 3.63) is 35.4 Å². The smallest absolute Gasteiger partial charge is 0.267 e. The second-order valence-electron chi connectivity index (χ2n) is 6.00. The molecule has 0 heterocycles. The fourth-order valence-electron chi connectivity index (χ4n) is 1.84. The lowest BCUT2D eigenvalue weighted by atomic mass is 9.95. The molecule has 2 atom stereocenters. The Morgan fingerprint density at radius 3 is 2.35 bits per heavy atom. The molecule has 138 valence electrons. The van der Waals surface area contributed by atoms with Crippen LogP contribution < -0.4 is 16.5 Å². The highest BCUT2D eigenvalue weighted by atomic mass is 16.5. The molecular formula is C18H21N3O5. The van der Waals surface area contributed by atoms with Crippen molar-refractivity contribution in [1.29, 1.82) is 0 Å². The van der Waals surface area contributed by atoms with Crippen molar-refractivity contribution < 1.29 is 25.0 Å². The zero-order valence-corrected chi connectivity index (χ0v) is 14.4. The van der Waals surface area contributed by atoms with Gasteiger partial charge >= 0.3 is 0 Å². The molecule has 1 aromatic carbocycles. The Hall–Kier alpha value is -2.88. The monoisotopic (exact) mass is 359 g/mol. The number of amides is 2. The molecule has 0 saturated heterocycles. The number of carbonyl (C=O) groups excluding carboxylic acids is 2. The van der Waals surface area contributed by atoms with E-state index in [9.17, 15) is 9.59 Å². The summed E-state index contributed by atoms with van der Waals surface area (Å²) >= 11 is 0. The Bertz CT molecular complexity index is 760. The van der Waals surface area contributed by atoms with Crippen molar-refractivity contribution >= 4 is 11.8 Å². The fraction of sp³-hybridized carbons (Fsp3) is 0.333. The quantitative estimate of drug-likeness (QED) is 0.220. The number of carbonyl (C=O) groups is 2. The van der Waals surface area contributed by atoms with E-state index in [2.05, 4.69) is 29.0 Å². The molecule has 7 N–H and O–H groups in total. The van der Waals surface area contributed by atoms with E-state index < -0.39 is 36.1 Å². The predicted octanol–water partition coefficient (Wildman–Crippen LogP) is -1.26. The molecule has 8 nitrogen and oxygen atoms in total. The van der Waals surface area contributed by atoms with E-state index in [0.29, 0.717) is 5.56 Å². The van der Waals surface area contributed by atoms with Gasteiger partial charge in [-0.3, -0.25) is 14.8 Å². The minimum Gasteiger partial charge on any atom is -0.393 e. The van der Waals surface area contributed by atoms with Crippen LogP contribution >= 0.6 is 0 Å². The van der Waals surface area contributed by atoms with Crippen LogP contribution in [0.1, 0.15) is 29.8 Å². The number of hydroxylamine groups is 1. The Balaban J connectivity index is 2.84. The molecule has 0 aliphatic rings. The molecule has 1 rings (SSSR count). The van der Waals surface area contributed by atoms with Crippen molar-refractivity contribution in [2.45, 2.75) is 31.5 Å². The van der Waals surface area contributed by atoms with Gasteiger partial charge in [-0.15, -0.1) is 0 Å². The Labute approximate surface area is 151 Å². The maximum absolute atomic E-state index is 12.3. The number of aliphatic hydroxyl groups excluding tert-OH is 2. The molecule has 26 heavy (non-hydrogen) atoms. The first-order valence-electron chi connectivity index (χ1n) is 7.63. The van der Waals surface area contributed by atoms with Crippen LogP contribution in [0.25, 0.3) is 0 Å². The number of hydrogen-bond acceptors (Lipinski definition) is 6. The van der Waals surface area contributed by atoms with Crippen LogP contribution in [0.15, 0.2) is 24.3 Å². The molecule has 0 aliphatic carbocycles. The second-order valence-corrected chi connectivity index (χ2v) is 6.00. The molecule has 1 unspecified atom stereocenters. The Morgan fingerprint density at radius 1 is 1.23 bits per heavy atom. The molecule has 0 spiro atoms. The molecule has 8 heteroatoms. The van der Waals surface area contributed by atoms with Gasteiger partial charge in [-0.1, -0.05) is 11.8 Å². The highest BCUT2D eigenvalue weighted by molar-refractivity contribution is 5.97. The van der Waals surface area contributed by atoms with Crippen LogP contribution in [-0.4, -0.2) is 51.5 Å². The van der Waals surface area contributed by atoms with Gasteiger partial charge in [-0.2, -0.15) is 0 Å². The van der Waals surface area contributed by atoms with Crippen LogP contribution in [0.5, 0.6) is 0 Å². The first kappa shape index (κ1) is 21.2. The minimum atomic E-state index is -1.13. The van der Waals surface area contributed by atoms with Crippen LogP contribution in [0, 0.1) is 23.7 Å². The summed E-state index contributed by atoms with van der Waals surface area (Å²) in [6, 6.07) is 5.05. The normalized spacial score (nSPS) is 12.5. The number of hydrogen-bond donors (Lipinski definition) is 6. The number of nitrogens with one attached hydrogen (secondary N) is 2. The zero-order chi connectivity index (χ0) is 19.7. The SMILES string of the molecule is CC(C)(N)[C@H](NC(=O)c1ccc(C#CC#CC(O)CO)cc1)C(=O)NO. The standard InChI is InChI=1S/C18H21N3O5/c1-18(2,19)15(17(25)21-26)20-16(24)13-9-7-12(8-10-13)5-3-4-6-14(23)11-22/h7-10,14-15,22-23,26H,11,19H2,1-2H3,(H,20,24)(H,21,25)/t14?,15-/m1/s1. The second kappa shape index (κ2) is 9.56. The average molecular weight is 359 g/mol. The molecule has 0 radical (unpaired) electrons. The summed E-state index contributed by atoms with van der Waals surface area (Å²) in [7, 11) is 0. The molecule has 2 amide bonds. The first-order valence-corrected chi connectivity index (χ1v) is 7.63. The van der Waals surface area contributed by atoms with Gasteiger partial charge < -0.3 is 21.3 Å². The van der Waals surface area contributed by atoms with E-state index in [1.807, 2.05) is 0 Å². The van der Waals surface area contributed by atoms with E-state index in [1.165, 1.54) is 17.6 Å². The largest absolute Gasteiger partial charge is 0.393 e. The maximum Gasteiger partial charge on any atom is 0.267 e. The summed E-state index contributed by atoms with van der Waals surface area (Å²) in [6.07, 6.45) is -1.13. The van der Waals surface area contributed by atoms with E-state index in [4.69, 9.17) is 21.2 Å².